The lowest BCUT2D eigenvalue weighted by Gasteiger charge is -2.23. The van der Waals surface area contributed by atoms with Gasteiger partial charge in [-0.05, 0) is 12.0 Å². The highest BCUT2D eigenvalue weighted by Crippen LogP contribution is 2.30. The van der Waals surface area contributed by atoms with Crippen LogP contribution in [0.15, 0.2) is 29.9 Å². The maximum Gasteiger partial charge on any atom is 0.433 e. The van der Waals surface area contributed by atoms with Crippen molar-refractivity contribution in [2.75, 3.05) is 23.7 Å². The van der Waals surface area contributed by atoms with E-state index in [-0.39, 0.29) is 36.8 Å². The Kier molecular flexibility index (Phi) is 5.41. The summed E-state index contributed by atoms with van der Waals surface area (Å²) in [6.07, 6.45) is 0.514. The minimum atomic E-state index is -4.58. The molecule has 1 heterocycles. The summed E-state index contributed by atoms with van der Waals surface area (Å²) in [6, 6.07) is 2.61. The third-order valence-electron chi connectivity index (χ3n) is 3.38. The number of halogens is 3. The Bertz CT molecular complexity index is 689. The highest BCUT2D eigenvalue weighted by molar-refractivity contribution is 5.47. The van der Waals surface area contributed by atoms with Crippen LogP contribution in [0.4, 0.5) is 24.9 Å². The molecule has 0 saturated heterocycles. The summed E-state index contributed by atoms with van der Waals surface area (Å²) >= 11 is 0. The average molecular weight is 338 g/mol. The van der Waals surface area contributed by atoms with Crippen molar-refractivity contribution < 1.29 is 13.2 Å². The minimum Gasteiger partial charge on any atom is -0.363 e. The molecule has 0 fully saturated rings. The average Bonchev–Trinajstić information content (AvgIpc) is 2.53. The van der Waals surface area contributed by atoms with E-state index in [2.05, 4.69) is 20.6 Å². The standard InChI is InChI=1S/C15H17F3N6/c1-9-6-10(8-20)2-3-11(9)22-13-7-12(15(16,17)18)23-14(24-13)21-5-4-19/h2-3,6-7,9,11H,4-5,19H2,1H3,(H2,21,22,23,24). The SMILES string of the molecule is CC1C=C(C#N)C=CC1Nc1cc(C(F)(F)F)nc(NCCN)n1. The summed E-state index contributed by atoms with van der Waals surface area (Å²) < 4.78 is 39.0. The van der Waals surface area contributed by atoms with Gasteiger partial charge >= 0.3 is 6.18 Å². The monoisotopic (exact) mass is 338 g/mol. The summed E-state index contributed by atoms with van der Waals surface area (Å²) in [5.74, 6) is -0.167. The van der Waals surface area contributed by atoms with Gasteiger partial charge in [0, 0.05) is 24.7 Å². The molecular weight excluding hydrogens is 321 g/mol. The molecule has 1 aliphatic rings. The number of aromatic nitrogens is 2. The van der Waals surface area contributed by atoms with Gasteiger partial charge in [-0.25, -0.2) is 4.98 Å². The second-order valence-corrected chi connectivity index (χ2v) is 5.30. The number of rotatable bonds is 5. The Morgan fingerprint density at radius 2 is 2.12 bits per heavy atom. The van der Waals surface area contributed by atoms with Gasteiger partial charge in [0.15, 0.2) is 5.69 Å². The largest absolute Gasteiger partial charge is 0.433 e. The lowest BCUT2D eigenvalue weighted by atomic mass is 9.93. The first kappa shape index (κ1) is 17.7. The Balaban J connectivity index is 2.25. The molecule has 2 unspecified atom stereocenters. The lowest BCUT2D eigenvalue weighted by Crippen LogP contribution is -2.27. The fourth-order valence-electron chi connectivity index (χ4n) is 2.18. The van der Waals surface area contributed by atoms with Crippen molar-refractivity contribution in [3.63, 3.8) is 0 Å². The third kappa shape index (κ3) is 4.45. The van der Waals surface area contributed by atoms with Gasteiger partial charge in [0.2, 0.25) is 5.95 Å². The Morgan fingerprint density at radius 1 is 1.38 bits per heavy atom. The van der Waals surface area contributed by atoms with Crippen molar-refractivity contribution in [1.82, 2.24) is 9.97 Å². The number of hydrogen-bond acceptors (Lipinski definition) is 6. The molecule has 0 saturated carbocycles. The molecular formula is C15H17F3N6. The maximum atomic E-state index is 13.0. The van der Waals surface area contributed by atoms with E-state index in [1.165, 1.54) is 0 Å². The van der Waals surface area contributed by atoms with Crippen LogP contribution < -0.4 is 16.4 Å². The fourth-order valence-corrected chi connectivity index (χ4v) is 2.18. The van der Waals surface area contributed by atoms with Crippen LogP contribution in [-0.2, 0) is 6.18 Å². The van der Waals surface area contributed by atoms with Crippen molar-refractivity contribution in [2.45, 2.75) is 19.1 Å². The number of nitrogens with zero attached hydrogens (tertiary/aromatic N) is 3. The molecule has 0 aliphatic heterocycles. The van der Waals surface area contributed by atoms with E-state index in [1.807, 2.05) is 13.0 Å². The van der Waals surface area contributed by atoms with Gasteiger partial charge in [-0.3, -0.25) is 0 Å². The van der Waals surface area contributed by atoms with E-state index < -0.39 is 11.9 Å². The van der Waals surface area contributed by atoms with E-state index in [0.29, 0.717) is 5.57 Å². The molecule has 0 bridgehead atoms. The molecule has 0 radical (unpaired) electrons. The summed E-state index contributed by atoms with van der Waals surface area (Å²) in [4.78, 5) is 7.51. The van der Waals surface area contributed by atoms with Crippen LogP contribution in [0.2, 0.25) is 0 Å². The Labute approximate surface area is 137 Å². The minimum absolute atomic E-state index is 0.0483. The Morgan fingerprint density at radius 3 is 2.71 bits per heavy atom. The second-order valence-electron chi connectivity index (χ2n) is 5.30. The number of anilines is 2. The predicted octanol–water partition coefficient (Wildman–Crippen LogP) is 2.30. The molecule has 9 heteroatoms. The van der Waals surface area contributed by atoms with Crippen molar-refractivity contribution in [3.05, 3.63) is 35.6 Å². The zero-order valence-corrected chi connectivity index (χ0v) is 12.9. The summed E-state index contributed by atoms with van der Waals surface area (Å²) in [5, 5.41) is 14.5. The van der Waals surface area contributed by atoms with E-state index in [0.717, 1.165) is 6.07 Å². The van der Waals surface area contributed by atoms with Crippen LogP contribution in [-0.4, -0.2) is 29.1 Å². The van der Waals surface area contributed by atoms with E-state index in [4.69, 9.17) is 11.0 Å². The van der Waals surface area contributed by atoms with Gasteiger partial charge in [-0.2, -0.15) is 23.4 Å². The first-order valence-corrected chi connectivity index (χ1v) is 7.30. The Hall–Kier alpha value is -2.60. The molecule has 128 valence electrons. The third-order valence-corrected chi connectivity index (χ3v) is 3.38. The smallest absolute Gasteiger partial charge is 0.363 e. The molecule has 0 aromatic carbocycles. The molecule has 0 spiro atoms. The number of nitriles is 1. The van der Waals surface area contributed by atoms with Gasteiger partial charge in [0.1, 0.15) is 5.82 Å². The predicted molar refractivity (Wildman–Crippen MR) is 84.0 cm³/mol. The first-order chi connectivity index (χ1) is 11.3. The normalized spacial score (nSPS) is 20.2. The summed E-state index contributed by atoms with van der Waals surface area (Å²) in [5.41, 5.74) is 4.81. The van der Waals surface area contributed by atoms with Gasteiger partial charge < -0.3 is 16.4 Å². The molecule has 1 aliphatic carbocycles. The molecule has 2 rings (SSSR count). The van der Waals surface area contributed by atoms with Crippen LogP contribution in [0.1, 0.15) is 12.6 Å². The molecule has 2 atom stereocenters. The number of nitrogens with two attached hydrogens (primary N) is 1. The molecule has 0 amide bonds. The van der Waals surface area contributed by atoms with Crippen molar-refractivity contribution in [1.29, 1.82) is 5.26 Å². The molecule has 1 aromatic heterocycles. The number of hydrogen-bond donors (Lipinski definition) is 3. The van der Waals surface area contributed by atoms with Crippen molar-refractivity contribution >= 4 is 11.8 Å². The second kappa shape index (κ2) is 7.31. The van der Waals surface area contributed by atoms with Gasteiger partial charge in [0.25, 0.3) is 0 Å². The van der Waals surface area contributed by atoms with Gasteiger partial charge in [0.05, 0.1) is 12.1 Å². The van der Waals surface area contributed by atoms with E-state index >= 15 is 0 Å². The highest BCUT2D eigenvalue weighted by atomic mass is 19.4. The van der Waals surface area contributed by atoms with Crippen LogP contribution in [0.3, 0.4) is 0 Å². The number of allylic oxidation sites excluding steroid dienone is 2. The zero-order chi connectivity index (χ0) is 17.7. The number of nitrogens with one attached hydrogen (secondary N) is 2. The van der Waals surface area contributed by atoms with Crippen molar-refractivity contribution in [2.24, 2.45) is 11.7 Å². The first-order valence-electron chi connectivity index (χ1n) is 7.30. The van der Waals surface area contributed by atoms with Crippen molar-refractivity contribution in [3.8, 4) is 6.07 Å². The number of alkyl halides is 3. The van der Waals surface area contributed by atoms with Crippen LogP contribution >= 0.6 is 0 Å². The molecule has 1 aromatic rings. The summed E-state index contributed by atoms with van der Waals surface area (Å²) in [6.45, 7) is 2.36. The van der Waals surface area contributed by atoms with Gasteiger partial charge in [-0.1, -0.05) is 19.1 Å². The zero-order valence-electron chi connectivity index (χ0n) is 12.9. The summed E-state index contributed by atoms with van der Waals surface area (Å²) in [7, 11) is 0. The van der Waals surface area contributed by atoms with Crippen LogP contribution in [0, 0.1) is 17.2 Å². The highest BCUT2D eigenvalue weighted by Gasteiger charge is 2.34. The quantitative estimate of drug-likeness (QED) is 0.762. The fraction of sp³-hybridized carbons (Fsp3) is 0.400. The topological polar surface area (TPSA) is 99.7 Å². The molecule has 4 N–H and O–H groups in total. The lowest BCUT2D eigenvalue weighted by molar-refractivity contribution is -0.141. The van der Waals surface area contributed by atoms with Crippen LogP contribution in [0.25, 0.3) is 0 Å². The van der Waals surface area contributed by atoms with Gasteiger partial charge in [-0.15, -0.1) is 0 Å². The molecule has 24 heavy (non-hydrogen) atoms. The maximum absolute atomic E-state index is 13.0. The van der Waals surface area contributed by atoms with Crippen LogP contribution in [0.5, 0.6) is 0 Å². The molecule has 6 nitrogen and oxygen atoms in total. The van der Waals surface area contributed by atoms with E-state index in [9.17, 15) is 13.2 Å². The van der Waals surface area contributed by atoms with E-state index in [1.54, 1.807) is 18.2 Å².